The summed E-state index contributed by atoms with van der Waals surface area (Å²) in [6.45, 7) is 2.00. The molecule has 0 atom stereocenters. The zero-order valence-corrected chi connectivity index (χ0v) is 21.9. The zero-order chi connectivity index (χ0) is 28.6. The summed E-state index contributed by atoms with van der Waals surface area (Å²) in [6.07, 6.45) is -4.66. The van der Waals surface area contributed by atoms with E-state index in [1.54, 1.807) is 0 Å². The number of carbonyl (C=O) groups is 1. The molecule has 0 saturated heterocycles. The fraction of sp³-hybridized carbons (Fsp3) is 0.208. The average molecular weight is 594 g/mol. The second-order valence-corrected chi connectivity index (χ2v) is 8.97. The minimum absolute atomic E-state index is 0.0136. The van der Waals surface area contributed by atoms with Gasteiger partial charge in [-0.2, -0.15) is 17.6 Å². The van der Waals surface area contributed by atoms with Gasteiger partial charge < -0.3 is 14.3 Å². The number of ether oxygens (including phenoxy) is 2. The standard InChI is InChI=1S/C24H21ClF5N3O5S/c1-3-13-35-23(34)32(2)39-33(38-31-37-22-19(26)5-4-6-20(22)27)16-8-10-17(11-9-16)36-21-12-7-15(14-18(21)25)24(28,29)30/h4-12,14,31H,3,13H2,1-2H3. The third-order valence-electron chi connectivity index (χ3n) is 4.60. The first-order valence-corrected chi connectivity index (χ1v) is 12.2. The predicted octanol–water partition coefficient (Wildman–Crippen LogP) is 7.71. The normalized spacial score (nSPS) is 11.2. The van der Waals surface area contributed by atoms with Crippen LogP contribution in [0.15, 0.2) is 60.7 Å². The molecule has 3 aromatic carbocycles. The van der Waals surface area contributed by atoms with E-state index in [-0.39, 0.29) is 28.8 Å². The number of alkyl halides is 3. The van der Waals surface area contributed by atoms with Crippen LogP contribution in [0, 0.1) is 11.6 Å². The van der Waals surface area contributed by atoms with Crippen molar-refractivity contribution in [2.45, 2.75) is 19.5 Å². The SMILES string of the molecule is CCCOC(=O)N(C)SN(ONOc1c(F)cccc1F)c1ccc(Oc2ccc(C(F)(F)F)cc2Cl)cc1. The molecule has 0 heterocycles. The average Bonchev–Trinajstić information content (AvgIpc) is 2.89. The van der Waals surface area contributed by atoms with E-state index >= 15 is 0 Å². The predicted molar refractivity (Wildman–Crippen MR) is 134 cm³/mol. The van der Waals surface area contributed by atoms with Crippen LogP contribution < -0.4 is 19.7 Å². The van der Waals surface area contributed by atoms with Crippen molar-refractivity contribution in [3.05, 3.63) is 82.9 Å². The van der Waals surface area contributed by atoms with Crippen molar-refractivity contribution in [3.63, 3.8) is 0 Å². The maximum Gasteiger partial charge on any atom is 0.421 e. The Kier molecular flexibility index (Phi) is 10.5. The van der Waals surface area contributed by atoms with Gasteiger partial charge in [-0.25, -0.2) is 17.9 Å². The Morgan fingerprint density at radius 1 is 1.05 bits per heavy atom. The summed E-state index contributed by atoms with van der Waals surface area (Å²) >= 11 is 6.63. The number of carbonyl (C=O) groups excluding carboxylic acids is 1. The quantitative estimate of drug-likeness (QED) is 0.138. The summed E-state index contributed by atoms with van der Waals surface area (Å²) in [5.41, 5.74) is 1.30. The molecule has 0 fully saturated rings. The summed E-state index contributed by atoms with van der Waals surface area (Å²) in [4.78, 5) is 22.3. The number of anilines is 1. The Morgan fingerprint density at radius 3 is 2.31 bits per heavy atom. The molecule has 0 spiro atoms. The summed E-state index contributed by atoms with van der Waals surface area (Å²) in [6, 6.07) is 11.6. The van der Waals surface area contributed by atoms with Crippen LogP contribution in [0.25, 0.3) is 0 Å². The molecule has 15 heteroatoms. The maximum absolute atomic E-state index is 13.8. The number of halogens is 6. The van der Waals surface area contributed by atoms with Crippen LogP contribution in [0.1, 0.15) is 18.9 Å². The molecular weight excluding hydrogens is 573 g/mol. The second kappa shape index (κ2) is 13.6. The first-order valence-electron chi connectivity index (χ1n) is 11.1. The van der Waals surface area contributed by atoms with Gasteiger partial charge in [0.1, 0.15) is 23.6 Å². The molecule has 0 aromatic heterocycles. The molecular formula is C24H21ClF5N3O5S. The molecule has 3 aromatic rings. The van der Waals surface area contributed by atoms with Gasteiger partial charge in [-0.15, -0.1) is 4.94 Å². The number of nitrogens with zero attached hydrogens (tertiary/aromatic N) is 2. The molecule has 39 heavy (non-hydrogen) atoms. The number of para-hydroxylation sites is 1. The highest BCUT2D eigenvalue weighted by Crippen LogP contribution is 2.37. The van der Waals surface area contributed by atoms with E-state index in [0.29, 0.717) is 18.6 Å². The Labute approximate surface area is 229 Å². The van der Waals surface area contributed by atoms with Gasteiger partial charge in [0.2, 0.25) is 5.75 Å². The van der Waals surface area contributed by atoms with Gasteiger partial charge in [0, 0.05) is 7.05 Å². The molecule has 0 aliphatic rings. The number of rotatable bonds is 11. The molecule has 0 unspecified atom stereocenters. The van der Waals surface area contributed by atoms with E-state index in [1.807, 2.05) is 12.6 Å². The third-order valence-corrected chi connectivity index (χ3v) is 5.72. The lowest BCUT2D eigenvalue weighted by atomic mass is 10.2. The number of nitrogens with one attached hydrogen (secondary N) is 1. The van der Waals surface area contributed by atoms with Gasteiger partial charge in [0.25, 0.3) is 0 Å². The van der Waals surface area contributed by atoms with Crippen LogP contribution in [-0.2, 0) is 15.9 Å². The Balaban J connectivity index is 1.74. The highest BCUT2D eigenvalue weighted by molar-refractivity contribution is 7.98. The van der Waals surface area contributed by atoms with Crippen molar-refractivity contribution in [1.82, 2.24) is 9.95 Å². The van der Waals surface area contributed by atoms with Crippen LogP contribution >= 0.6 is 23.7 Å². The molecule has 0 aliphatic heterocycles. The van der Waals surface area contributed by atoms with E-state index < -0.39 is 35.2 Å². The molecule has 1 N–H and O–H groups in total. The van der Waals surface area contributed by atoms with Gasteiger partial charge in [0.15, 0.2) is 11.6 Å². The van der Waals surface area contributed by atoms with Crippen LogP contribution in [0.4, 0.5) is 32.4 Å². The largest absolute Gasteiger partial charge is 0.456 e. The minimum atomic E-state index is -4.56. The summed E-state index contributed by atoms with van der Waals surface area (Å²) in [5.74, 6) is -2.54. The van der Waals surface area contributed by atoms with Gasteiger partial charge in [-0.3, -0.25) is 0 Å². The van der Waals surface area contributed by atoms with E-state index in [4.69, 9.17) is 30.9 Å². The Bertz CT molecular complexity index is 1250. The van der Waals surface area contributed by atoms with Gasteiger partial charge in [-0.1, -0.05) is 24.6 Å². The molecule has 0 saturated carbocycles. The summed E-state index contributed by atoms with van der Waals surface area (Å²) in [7, 11) is 1.39. The van der Waals surface area contributed by atoms with Crippen molar-refractivity contribution >= 4 is 35.5 Å². The van der Waals surface area contributed by atoms with E-state index in [9.17, 15) is 26.7 Å². The fourth-order valence-electron chi connectivity index (χ4n) is 2.74. The van der Waals surface area contributed by atoms with Crippen molar-refractivity contribution in [2.75, 3.05) is 18.1 Å². The van der Waals surface area contributed by atoms with Crippen LogP contribution in [0.2, 0.25) is 5.02 Å². The minimum Gasteiger partial charge on any atom is -0.456 e. The third kappa shape index (κ3) is 8.51. The number of hydrogen-bond acceptors (Lipinski definition) is 8. The zero-order valence-electron chi connectivity index (χ0n) is 20.3. The lowest BCUT2D eigenvalue weighted by molar-refractivity contribution is -0.137. The van der Waals surface area contributed by atoms with Crippen LogP contribution in [-0.4, -0.2) is 24.1 Å². The monoisotopic (exact) mass is 593 g/mol. The molecule has 210 valence electrons. The lowest BCUT2D eigenvalue weighted by Gasteiger charge is -2.25. The number of hydrogen-bond donors (Lipinski definition) is 1. The topological polar surface area (TPSA) is 72.5 Å². The highest BCUT2D eigenvalue weighted by atomic mass is 35.5. The van der Waals surface area contributed by atoms with Gasteiger partial charge in [0.05, 0.1) is 22.9 Å². The molecule has 8 nitrogen and oxygen atoms in total. The Morgan fingerprint density at radius 2 is 1.72 bits per heavy atom. The first-order chi connectivity index (χ1) is 18.5. The molecule has 1 amide bonds. The van der Waals surface area contributed by atoms with Crippen molar-refractivity contribution in [2.24, 2.45) is 0 Å². The Hall–Kier alpha value is -3.46. The second-order valence-electron chi connectivity index (χ2n) is 7.52. The number of amides is 1. The van der Waals surface area contributed by atoms with Gasteiger partial charge >= 0.3 is 12.3 Å². The lowest BCUT2D eigenvalue weighted by Crippen LogP contribution is -2.34. The van der Waals surface area contributed by atoms with Crippen molar-refractivity contribution < 1.29 is 46.0 Å². The summed E-state index contributed by atoms with van der Waals surface area (Å²) < 4.78 is 79.0. The van der Waals surface area contributed by atoms with E-state index in [0.717, 1.165) is 45.2 Å². The van der Waals surface area contributed by atoms with Crippen LogP contribution in [0.3, 0.4) is 0 Å². The summed E-state index contributed by atoms with van der Waals surface area (Å²) in [5, 5.41) is -0.247. The van der Waals surface area contributed by atoms with Crippen molar-refractivity contribution in [1.29, 1.82) is 0 Å². The van der Waals surface area contributed by atoms with E-state index in [2.05, 4.69) is 0 Å². The van der Waals surface area contributed by atoms with Crippen LogP contribution in [0.5, 0.6) is 17.2 Å². The van der Waals surface area contributed by atoms with E-state index in [1.165, 1.54) is 31.3 Å². The number of benzene rings is 3. The van der Waals surface area contributed by atoms with Crippen molar-refractivity contribution in [3.8, 4) is 17.2 Å². The molecule has 0 aliphatic carbocycles. The fourth-order valence-corrected chi connectivity index (χ4v) is 3.58. The maximum atomic E-state index is 13.8. The molecule has 0 radical (unpaired) electrons. The molecule has 3 rings (SSSR count). The highest BCUT2D eigenvalue weighted by Gasteiger charge is 2.31. The van der Waals surface area contributed by atoms with Gasteiger partial charge in [-0.05, 0) is 66.7 Å². The smallest absolute Gasteiger partial charge is 0.421 e. The molecule has 0 bridgehead atoms. The first kappa shape index (κ1) is 30.1.